The van der Waals surface area contributed by atoms with Gasteiger partial charge in [0.15, 0.2) is 22.5 Å². The molecule has 1 aromatic heterocycles. The highest BCUT2D eigenvalue weighted by atomic mass is 32.1. The van der Waals surface area contributed by atoms with Crippen LogP contribution < -0.4 is 5.32 Å². The van der Waals surface area contributed by atoms with Gasteiger partial charge in [0.25, 0.3) is 0 Å². The van der Waals surface area contributed by atoms with Crippen LogP contribution in [0.15, 0.2) is 40.0 Å². The quantitative estimate of drug-likeness (QED) is 0.536. The number of ether oxygens (including phenoxy) is 2. The summed E-state index contributed by atoms with van der Waals surface area (Å²) >= 11 is 1.31. The second kappa shape index (κ2) is 10.8. The van der Waals surface area contributed by atoms with Crippen LogP contribution in [0.2, 0.25) is 0 Å². The summed E-state index contributed by atoms with van der Waals surface area (Å²) in [4.78, 5) is 35.8. The molecule has 2 N–H and O–H groups in total. The summed E-state index contributed by atoms with van der Waals surface area (Å²) in [5, 5.41) is 15.3. The van der Waals surface area contributed by atoms with Crippen LogP contribution in [-0.2, 0) is 19.1 Å². The topological polar surface area (TPSA) is 113 Å². The van der Waals surface area contributed by atoms with Gasteiger partial charge in [-0.05, 0) is 30.5 Å². The third-order valence-electron chi connectivity index (χ3n) is 6.39. The number of carbonyl (C=O) groups excluding carboxylic acids is 1. The molecule has 2 aliphatic rings. The van der Waals surface area contributed by atoms with E-state index in [1.807, 2.05) is 6.92 Å². The smallest absolute Gasteiger partial charge is 0.338 e. The van der Waals surface area contributed by atoms with Crippen molar-refractivity contribution in [2.75, 3.05) is 26.9 Å². The SMILES string of the molecule is CCC1COCC(C(=O)O)N1CC1=C(C(=O)OC)C(c2ccc(F)c(F)c2C)N=C(c2nccs2)N1. The summed E-state index contributed by atoms with van der Waals surface area (Å²) < 4.78 is 39.1. The number of halogens is 2. The molecule has 12 heteroatoms. The molecule has 0 aliphatic carbocycles. The molecule has 0 radical (unpaired) electrons. The number of morpholine rings is 1. The zero-order valence-electron chi connectivity index (χ0n) is 20.0. The van der Waals surface area contributed by atoms with Crippen LogP contribution in [0, 0.1) is 18.6 Å². The van der Waals surface area contributed by atoms with Gasteiger partial charge < -0.3 is 19.9 Å². The number of methoxy groups -OCH3 is 1. The van der Waals surface area contributed by atoms with E-state index >= 15 is 0 Å². The van der Waals surface area contributed by atoms with E-state index in [0.29, 0.717) is 29.6 Å². The number of aliphatic imine (C=N–C) groups is 1. The Hall–Kier alpha value is -3.22. The van der Waals surface area contributed by atoms with Crippen molar-refractivity contribution in [3.63, 3.8) is 0 Å². The highest BCUT2D eigenvalue weighted by Gasteiger charge is 2.39. The van der Waals surface area contributed by atoms with E-state index < -0.39 is 35.7 Å². The molecule has 9 nitrogen and oxygen atoms in total. The van der Waals surface area contributed by atoms with E-state index in [2.05, 4.69) is 15.3 Å². The van der Waals surface area contributed by atoms with Gasteiger partial charge in [-0.25, -0.2) is 18.6 Å². The molecular weight excluding hydrogens is 494 g/mol. The van der Waals surface area contributed by atoms with E-state index in [1.54, 1.807) is 16.5 Å². The number of nitrogens with one attached hydrogen (secondary N) is 1. The number of aromatic nitrogens is 1. The first kappa shape index (κ1) is 25.9. The Balaban J connectivity index is 1.88. The van der Waals surface area contributed by atoms with Gasteiger partial charge >= 0.3 is 11.9 Å². The van der Waals surface area contributed by atoms with Crippen LogP contribution in [0.1, 0.15) is 35.5 Å². The number of aliphatic carboxylic acids is 1. The minimum absolute atomic E-state index is 0.00566. The van der Waals surface area contributed by atoms with Crippen molar-refractivity contribution < 1.29 is 33.0 Å². The van der Waals surface area contributed by atoms with Crippen molar-refractivity contribution in [2.24, 2.45) is 4.99 Å². The summed E-state index contributed by atoms with van der Waals surface area (Å²) in [5.41, 5.74) is 0.720. The Kier molecular flexibility index (Phi) is 7.76. The van der Waals surface area contributed by atoms with E-state index in [4.69, 9.17) is 9.47 Å². The largest absolute Gasteiger partial charge is 0.480 e. The minimum Gasteiger partial charge on any atom is -0.480 e. The van der Waals surface area contributed by atoms with Crippen LogP contribution >= 0.6 is 11.3 Å². The molecule has 4 rings (SSSR count). The number of nitrogens with zero attached hydrogens (tertiary/aromatic N) is 3. The fourth-order valence-electron chi connectivity index (χ4n) is 4.46. The van der Waals surface area contributed by atoms with Gasteiger partial charge in [0, 0.05) is 29.9 Å². The molecule has 0 spiro atoms. The average Bonchev–Trinajstić information content (AvgIpc) is 3.42. The molecule has 1 saturated heterocycles. The number of carboxylic acids is 1. The Morgan fingerprint density at radius 1 is 1.33 bits per heavy atom. The Labute approximate surface area is 210 Å². The lowest BCUT2D eigenvalue weighted by molar-refractivity contribution is -0.153. The number of benzene rings is 1. The van der Waals surface area contributed by atoms with Gasteiger partial charge in [-0.1, -0.05) is 13.0 Å². The van der Waals surface area contributed by atoms with Gasteiger partial charge in [-0.15, -0.1) is 11.3 Å². The molecule has 2 aromatic rings. The fraction of sp³-hybridized carbons (Fsp3) is 0.417. The zero-order chi connectivity index (χ0) is 26.0. The maximum absolute atomic E-state index is 14.6. The van der Waals surface area contributed by atoms with Gasteiger partial charge in [0.05, 0.1) is 25.9 Å². The van der Waals surface area contributed by atoms with Crippen molar-refractivity contribution in [3.05, 3.63) is 62.7 Å². The number of carboxylic acid groups (broad SMARTS) is 1. The number of hydrogen-bond acceptors (Lipinski definition) is 9. The predicted octanol–water partition coefficient (Wildman–Crippen LogP) is 2.81. The molecule has 2 aliphatic heterocycles. The molecule has 0 bridgehead atoms. The van der Waals surface area contributed by atoms with Gasteiger partial charge in [-0.3, -0.25) is 14.7 Å². The summed E-state index contributed by atoms with van der Waals surface area (Å²) in [6.07, 6.45) is 2.21. The molecule has 192 valence electrons. The van der Waals surface area contributed by atoms with Gasteiger partial charge in [-0.2, -0.15) is 0 Å². The normalized spacial score (nSPS) is 22.7. The Bertz CT molecular complexity index is 1220. The van der Waals surface area contributed by atoms with Crippen LogP contribution in [0.4, 0.5) is 8.78 Å². The molecule has 36 heavy (non-hydrogen) atoms. The maximum Gasteiger partial charge on any atom is 0.338 e. The third kappa shape index (κ3) is 4.88. The lowest BCUT2D eigenvalue weighted by Gasteiger charge is -2.41. The fourth-order valence-corrected chi connectivity index (χ4v) is 5.04. The monoisotopic (exact) mass is 520 g/mol. The third-order valence-corrected chi connectivity index (χ3v) is 7.17. The Morgan fingerprint density at radius 2 is 2.11 bits per heavy atom. The first-order chi connectivity index (χ1) is 17.3. The average molecular weight is 521 g/mol. The molecule has 1 aromatic carbocycles. The van der Waals surface area contributed by atoms with E-state index in [1.165, 1.54) is 31.4 Å². The predicted molar refractivity (Wildman–Crippen MR) is 128 cm³/mol. The number of hydrogen-bond donors (Lipinski definition) is 2. The number of esters is 1. The molecular formula is C24H26F2N4O5S. The van der Waals surface area contributed by atoms with E-state index in [9.17, 15) is 23.5 Å². The summed E-state index contributed by atoms with van der Waals surface area (Å²) in [6, 6.07) is 0.174. The first-order valence-corrected chi connectivity index (χ1v) is 12.2. The lowest BCUT2D eigenvalue weighted by atomic mass is 9.91. The molecule has 3 unspecified atom stereocenters. The summed E-state index contributed by atoms with van der Waals surface area (Å²) in [7, 11) is 1.21. The number of carbonyl (C=O) groups is 2. The second-order valence-electron chi connectivity index (χ2n) is 8.43. The summed E-state index contributed by atoms with van der Waals surface area (Å²) in [5.74, 6) is -3.49. The lowest BCUT2D eigenvalue weighted by Crippen LogP contribution is -2.57. The molecule has 0 amide bonds. The van der Waals surface area contributed by atoms with Crippen molar-refractivity contribution in [1.82, 2.24) is 15.2 Å². The van der Waals surface area contributed by atoms with Crippen molar-refractivity contribution in [2.45, 2.75) is 38.4 Å². The second-order valence-corrected chi connectivity index (χ2v) is 9.32. The standard InChI is InChI=1S/C24H26F2N4O5S/c1-4-13-10-35-11-17(23(31)32)30(13)9-16-18(24(33)34-3)20(14-5-6-15(25)19(26)12(14)2)29-21(28-16)22-27-7-8-36-22/h5-8,13,17,20H,4,9-11H2,1-3H3,(H,28,29)(H,31,32). The highest BCUT2D eigenvalue weighted by Crippen LogP contribution is 2.36. The van der Waals surface area contributed by atoms with Crippen molar-refractivity contribution in [1.29, 1.82) is 0 Å². The Morgan fingerprint density at radius 3 is 2.75 bits per heavy atom. The molecule has 3 atom stereocenters. The minimum atomic E-state index is -1.05. The number of amidine groups is 1. The first-order valence-electron chi connectivity index (χ1n) is 11.3. The number of rotatable bonds is 7. The zero-order valence-corrected chi connectivity index (χ0v) is 20.8. The molecule has 0 saturated carbocycles. The van der Waals surface area contributed by atoms with Gasteiger partial charge in [0.1, 0.15) is 12.1 Å². The van der Waals surface area contributed by atoms with Gasteiger partial charge in [0.2, 0.25) is 0 Å². The van der Waals surface area contributed by atoms with Crippen LogP contribution in [0.3, 0.4) is 0 Å². The number of thiazole rings is 1. The van der Waals surface area contributed by atoms with Crippen LogP contribution in [-0.4, -0.2) is 71.7 Å². The maximum atomic E-state index is 14.6. The highest BCUT2D eigenvalue weighted by molar-refractivity contribution is 7.11. The van der Waals surface area contributed by atoms with Crippen molar-refractivity contribution >= 4 is 29.1 Å². The van der Waals surface area contributed by atoms with Crippen LogP contribution in [0.25, 0.3) is 0 Å². The molecule has 3 heterocycles. The summed E-state index contributed by atoms with van der Waals surface area (Å²) in [6.45, 7) is 3.70. The van der Waals surface area contributed by atoms with E-state index in [0.717, 1.165) is 6.07 Å². The molecule has 1 fully saturated rings. The van der Waals surface area contributed by atoms with Crippen LogP contribution in [0.5, 0.6) is 0 Å². The van der Waals surface area contributed by atoms with E-state index in [-0.39, 0.29) is 35.9 Å². The van der Waals surface area contributed by atoms with Crippen molar-refractivity contribution in [3.8, 4) is 0 Å².